The van der Waals surface area contributed by atoms with Gasteiger partial charge >= 0.3 is 6.03 Å². The molecule has 0 unspecified atom stereocenters. The molecule has 1 fully saturated rings. The van der Waals surface area contributed by atoms with Gasteiger partial charge in [0.2, 0.25) is 5.91 Å². The number of nitrogens with one attached hydrogen (secondary N) is 1. The minimum absolute atomic E-state index is 0.0264. The van der Waals surface area contributed by atoms with E-state index in [0.29, 0.717) is 23.7 Å². The number of carbonyl (C=O) groups excluding carboxylic acids is 2. The van der Waals surface area contributed by atoms with Gasteiger partial charge in [-0.2, -0.15) is 0 Å². The number of carbonyl (C=O) groups is 2. The lowest BCUT2D eigenvalue weighted by molar-refractivity contribution is -0.120. The minimum Gasteiger partial charge on any atom is -0.292 e. The second-order valence-corrected chi connectivity index (χ2v) is 6.08. The van der Waals surface area contributed by atoms with Crippen LogP contribution < -0.4 is 10.2 Å². The van der Waals surface area contributed by atoms with Crippen LogP contribution >= 0.6 is 11.6 Å². The zero-order valence-electron chi connectivity index (χ0n) is 11.3. The summed E-state index contributed by atoms with van der Waals surface area (Å²) in [6, 6.07) is 5.25. The van der Waals surface area contributed by atoms with Crippen molar-refractivity contribution in [1.82, 2.24) is 5.32 Å². The van der Waals surface area contributed by atoms with Crippen molar-refractivity contribution in [3.63, 3.8) is 0 Å². The first-order valence-corrected chi connectivity index (χ1v) is 6.58. The summed E-state index contributed by atoms with van der Waals surface area (Å²) in [5.41, 5.74) is 1.72. The lowest BCUT2D eigenvalue weighted by Gasteiger charge is -2.29. The first kappa shape index (κ1) is 13.9. The summed E-state index contributed by atoms with van der Waals surface area (Å²) < 4.78 is 0. The van der Waals surface area contributed by atoms with Crippen molar-refractivity contribution in [1.29, 1.82) is 0 Å². The normalized spacial score (nSPS) is 16.5. The van der Waals surface area contributed by atoms with Gasteiger partial charge in [0.15, 0.2) is 0 Å². The maximum absolute atomic E-state index is 11.9. The summed E-state index contributed by atoms with van der Waals surface area (Å²) in [6.07, 6.45) is 0.293. The molecular weight excluding hydrogens is 264 g/mol. The average molecular weight is 281 g/mol. The molecule has 5 heteroatoms. The third kappa shape index (κ3) is 2.89. The average Bonchev–Trinajstić information content (AvgIpc) is 2.29. The summed E-state index contributed by atoms with van der Waals surface area (Å²) in [5, 5.41) is 2.81. The van der Waals surface area contributed by atoms with Gasteiger partial charge in [0.1, 0.15) is 0 Å². The Balaban J connectivity index is 2.39. The summed E-state index contributed by atoms with van der Waals surface area (Å²) in [5.74, 6) is -0.246. The Bertz CT molecular complexity index is 535. The van der Waals surface area contributed by atoms with E-state index in [9.17, 15) is 9.59 Å². The zero-order valence-corrected chi connectivity index (χ0v) is 12.0. The van der Waals surface area contributed by atoms with Crippen molar-refractivity contribution in [2.24, 2.45) is 0 Å². The van der Waals surface area contributed by atoms with Crippen LogP contribution in [0.25, 0.3) is 0 Å². The molecule has 0 radical (unpaired) electrons. The highest BCUT2D eigenvalue weighted by Crippen LogP contribution is 2.32. The van der Waals surface area contributed by atoms with E-state index in [1.165, 1.54) is 4.90 Å². The molecular formula is C14H17ClN2O2. The van der Waals surface area contributed by atoms with Crippen molar-refractivity contribution in [3.05, 3.63) is 28.8 Å². The minimum atomic E-state index is -0.413. The second kappa shape index (κ2) is 4.85. The fraction of sp³-hybridized carbons (Fsp3) is 0.429. The Morgan fingerprint density at radius 2 is 1.95 bits per heavy atom. The number of amides is 3. The van der Waals surface area contributed by atoms with E-state index in [-0.39, 0.29) is 11.3 Å². The predicted octanol–water partition coefficient (Wildman–Crippen LogP) is 3.08. The molecule has 0 saturated carbocycles. The fourth-order valence-corrected chi connectivity index (χ4v) is 2.20. The van der Waals surface area contributed by atoms with Gasteiger partial charge in [0.25, 0.3) is 0 Å². The SMILES string of the molecule is CC(C)(C)c1ccc(Cl)c(N2CCC(=O)NC2=O)c1. The van der Waals surface area contributed by atoms with E-state index >= 15 is 0 Å². The van der Waals surface area contributed by atoms with Gasteiger partial charge in [-0.3, -0.25) is 15.0 Å². The highest BCUT2D eigenvalue weighted by molar-refractivity contribution is 6.34. The first-order chi connectivity index (χ1) is 8.79. The van der Waals surface area contributed by atoms with E-state index < -0.39 is 6.03 Å². The van der Waals surface area contributed by atoms with E-state index in [2.05, 4.69) is 26.1 Å². The number of urea groups is 1. The third-order valence-electron chi connectivity index (χ3n) is 3.16. The summed E-state index contributed by atoms with van der Waals surface area (Å²) in [7, 11) is 0. The number of imide groups is 1. The highest BCUT2D eigenvalue weighted by Gasteiger charge is 2.26. The van der Waals surface area contributed by atoms with E-state index in [1.807, 2.05) is 12.1 Å². The number of rotatable bonds is 1. The largest absolute Gasteiger partial charge is 0.328 e. The number of halogens is 1. The van der Waals surface area contributed by atoms with Crippen LogP contribution in [0.2, 0.25) is 5.02 Å². The molecule has 19 heavy (non-hydrogen) atoms. The topological polar surface area (TPSA) is 49.4 Å². The van der Waals surface area contributed by atoms with Crippen LogP contribution in [0.15, 0.2) is 18.2 Å². The quantitative estimate of drug-likeness (QED) is 0.859. The molecule has 1 aliphatic rings. The molecule has 1 saturated heterocycles. The van der Waals surface area contributed by atoms with Crippen LogP contribution in [0.3, 0.4) is 0 Å². The van der Waals surface area contributed by atoms with Crippen molar-refractivity contribution in [2.45, 2.75) is 32.6 Å². The molecule has 0 atom stereocenters. The van der Waals surface area contributed by atoms with Crippen LogP contribution in [0.5, 0.6) is 0 Å². The third-order valence-corrected chi connectivity index (χ3v) is 3.48. The molecule has 2 rings (SSSR count). The number of nitrogens with zero attached hydrogens (tertiary/aromatic N) is 1. The molecule has 1 aromatic carbocycles. The standard InChI is InChI=1S/C14H17ClN2O2/c1-14(2,3)9-4-5-10(15)11(8-9)17-7-6-12(18)16-13(17)19/h4-5,8H,6-7H2,1-3H3,(H,16,18,19). The highest BCUT2D eigenvalue weighted by atomic mass is 35.5. The maximum Gasteiger partial charge on any atom is 0.328 e. The van der Waals surface area contributed by atoms with Crippen LogP contribution in [-0.4, -0.2) is 18.5 Å². The van der Waals surface area contributed by atoms with Crippen molar-refractivity contribution in [2.75, 3.05) is 11.4 Å². The molecule has 1 aromatic rings. The van der Waals surface area contributed by atoms with Crippen molar-refractivity contribution >= 4 is 29.2 Å². The van der Waals surface area contributed by atoms with Gasteiger partial charge < -0.3 is 0 Å². The molecule has 0 bridgehead atoms. The molecule has 1 N–H and O–H groups in total. The van der Waals surface area contributed by atoms with Gasteiger partial charge in [0.05, 0.1) is 10.7 Å². The molecule has 0 aromatic heterocycles. The fourth-order valence-electron chi connectivity index (χ4n) is 1.98. The Hall–Kier alpha value is -1.55. The van der Waals surface area contributed by atoms with Crippen LogP contribution in [0, 0.1) is 0 Å². The van der Waals surface area contributed by atoms with Crippen LogP contribution in [0.4, 0.5) is 10.5 Å². The number of hydrogen-bond acceptors (Lipinski definition) is 2. The maximum atomic E-state index is 11.9. The lowest BCUT2D eigenvalue weighted by Crippen LogP contribution is -2.49. The van der Waals surface area contributed by atoms with E-state index in [0.717, 1.165) is 5.56 Å². The van der Waals surface area contributed by atoms with E-state index in [4.69, 9.17) is 11.6 Å². The second-order valence-electron chi connectivity index (χ2n) is 5.67. The monoisotopic (exact) mass is 280 g/mol. The number of anilines is 1. The number of hydrogen-bond donors (Lipinski definition) is 1. The van der Waals surface area contributed by atoms with Crippen LogP contribution in [-0.2, 0) is 10.2 Å². The van der Waals surface area contributed by atoms with Gasteiger partial charge in [-0.05, 0) is 23.1 Å². The molecule has 3 amide bonds. The Labute approximate surface area is 117 Å². The van der Waals surface area contributed by atoms with Crippen LogP contribution in [0.1, 0.15) is 32.8 Å². The van der Waals surface area contributed by atoms with Gasteiger partial charge in [0, 0.05) is 13.0 Å². The smallest absolute Gasteiger partial charge is 0.292 e. The summed E-state index contributed by atoms with van der Waals surface area (Å²) in [4.78, 5) is 24.5. The summed E-state index contributed by atoms with van der Waals surface area (Å²) in [6.45, 7) is 6.65. The Kier molecular flexibility index (Phi) is 3.54. The van der Waals surface area contributed by atoms with Gasteiger partial charge in [-0.15, -0.1) is 0 Å². The lowest BCUT2D eigenvalue weighted by atomic mass is 9.87. The van der Waals surface area contributed by atoms with Crippen molar-refractivity contribution in [3.8, 4) is 0 Å². The molecule has 0 aliphatic carbocycles. The Morgan fingerprint density at radius 3 is 2.53 bits per heavy atom. The molecule has 0 spiro atoms. The van der Waals surface area contributed by atoms with E-state index in [1.54, 1.807) is 6.07 Å². The molecule has 102 valence electrons. The van der Waals surface area contributed by atoms with Gasteiger partial charge in [-0.25, -0.2) is 4.79 Å². The Morgan fingerprint density at radius 1 is 1.26 bits per heavy atom. The summed E-state index contributed by atoms with van der Waals surface area (Å²) >= 11 is 6.17. The molecule has 4 nitrogen and oxygen atoms in total. The first-order valence-electron chi connectivity index (χ1n) is 6.20. The molecule has 1 aliphatic heterocycles. The molecule has 1 heterocycles. The predicted molar refractivity (Wildman–Crippen MR) is 75.7 cm³/mol. The zero-order chi connectivity index (χ0) is 14.2. The van der Waals surface area contributed by atoms with Crippen molar-refractivity contribution < 1.29 is 9.59 Å². The van der Waals surface area contributed by atoms with Gasteiger partial charge in [-0.1, -0.05) is 38.4 Å². The number of benzene rings is 1.